The largest absolute Gasteiger partial charge is 0.462 e. The minimum atomic E-state index is -4.06. The van der Waals surface area contributed by atoms with Gasteiger partial charge in [0.1, 0.15) is 6.61 Å². The Balaban J connectivity index is 0.970. The van der Waals surface area contributed by atoms with Gasteiger partial charge in [0.05, 0.1) is 60.6 Å². The Bertz CT molecular complexity index is 2040. The van der Waals surface area contributed by atoms with Crippen molar-refractivity contribution in [2.45, 2.75) is 30.1 Å². The number of nitrogens with one attached hydrogen (secondary N) is 4. The molecule has 0 aliphatic carbocycles. The third-order valence-electron chi connectivity index (χ3n) is 7.74. The van der Waals surface area contributed by atoms with Crippen molar-refractivity contribution >= 4 is 55.4 Å². The first-order chi connectivity index (χ1) is 27.7. The van der Waals surface area contributed by atoms with Gasteiger partial charge in [0.25, 0.3) is 20.0 Å². The lowest BCUT2D eigenvalue weighted by Crippen LogP contribution is -2.34. The summed E-state index contributed by atoms with van der Waals surface area (Å²) >= 11 is 0. The van der Waals surface area contributed by atoms with Gasteiger partial charge in [-0.3, -0.25) is 0 Å². The quantitative estimate of drug-likeness (QED) is 0.0655. The van der Waals surface area contributed by atoms with E-state index in [2.05, 4.69) is 10.6 Å². The number of hydrogen-bond acceptors (Lipinski definition) is 13. The Morgan fingerprint density at radius 2 is 0.793 bits per heavy atom. The molecule has 0 fully saturated rings. The zero-order valence-electron chi connectivity index (χ0n) is 31.7. The molecule has 0 spiro atoms. The third kappa shape index (κ3) is 15.2. The molecule has 0 aliphatic heterocycles. The predicted octanol–water partition coefficient (Wildman–Crippen LogP) is 4.78. The van der Waals surface area contributed by atoms with Gasteiger partial charge in [-0.15, -0.1) is 0 Å². The van der Waals surface area contributed by atoms with E-state index in [9.17, 15) is 36.0 Å². The average Bonchev–Trinajstić information content (AvgIpc) is 3.18. The molecule has 0 atom stereocenters. The average molecular weight is 841 g/mol. The monoisotopic (exact) mass is 840 g/mol. The van der Waals surface area contributed by atoms with Crippen LogP contribution < -0.4 is 20.1 Å². The first-order valence-electron chi connectivity index (χ1n) is 17.8. The van der Waals surface area contributed by atoms with Crippen LogP contribution in [0, 0.1) is 13.8 Å². The second kappa shape index (κ2) is 22.2. The summed E-state index contributed by atoms with van der Waals surface area (Å²) in [6, 6.07) is 21.6. The minimum Gasteiger partial charge on any atom is -0.462 e. The standard InChI is InChI=1S/C39H44N4O13S2/c1-28-4-16-34(17-5-28)57(48,49)42-38(46)40-32-12-8-30(9-13-32)36(44)55-21-3-20-52-22-23-53-24-25-54-26-27-56-37(45)31-10-14-33(15-11-31)41-39(47)43-58(50,51)35-18-6-29(2)7-19-35/h4-19H,3,20-27H2,1-2H3,(H2,40,42,46)(H2,41,43,47). The van der Waals surface area contributed by atoms with Crippen LogP contribution in [0.4, 0.5) is 21.0 Å². The van der Waals surface area contributed by atoms with Crippen molar-refractivity contribution in [3.63, 3.8) is 0 Å². The lowest BCUT2D eigenvalue weighted by molar-refractivity contribution is -0.00157. The van der Waals surface area contributed by atoms with Gasteiger partial charge >= 0.3 is 24.0 Å². The van der Waals surface area contributed by atoms with Crippen molar-refractivity contribution in [3.8, 4) is 0 Å². The topological polar surface area (TPSA) is 231 Å². The molecule has 0 saturated carbocycles. The highest BCUT2D eigenvalue weighted by Crippen LogP contribution is 2.15. The molecule has 0 heterocycles. The summed E-state index contributed by atoms with van der Waals surface area (Å²) in [5.41, 5.74) is 2.75. The number of anilines is 2. The zero-order valence-corrected chi connectivity index (χ0v) is 33.4. The fourth-order valence-corrected chi connectivity index (χ4v) is 6.53. The van der Waals surface area contributed by atoms with Gasteiger partial charge in [-0.1, -0.05) is 35.4 Å². The number of aryl methyl sites for hydroxylation is 2. The van der Waals surface area contributed by atoms with E-state index in [4.69, 9.17) is 23.7 Å². The number of carbonyl (C=O) groups excluding carboxylic acids is 4. The Morgan fingerprint density at radius 1 is 0.448 bits per heavy atom. The Kier molecular flexibility index (Phi) is 17.1. The lowest BCUT2D eigenvalue weighted by Gasteiger charge is -2.10. The van der Waals surface area contributed by atoms with Crippen LogP contribution in [0.3, 0.4) is 0 Å². The highest BCUT2D eigenvalue weighted by molar-refractivity contribution is 7.90. The molecular weight excluding hydrogens is 797 g/mol. The van der Waals surface area contributed by atoms with Gasteiger partial charge < -0.3 is 34.3 Å². The first kappa shape index (κ1) is 44.8. The Hall–Kier alpha value is -5.86. The van der Waals surface area contributed by atoms with Crippen molar-refractivity contribution in [2.75, 3.05) is 63.5 Å². The van der Waals surface area contributed by atoms with E-state index in [1.165, 1.54) is 72.8 Å². The molecule has 19 heteroatoms. The van der Waals surface area contributed by atoms with E-state index in [1.807, 2.05) is 23.3 Å². The molecule has 4 amide bonds. The summed E-state index contributed by atoms with van der Waals surface area (Å²) in [4.78, 5) is 49.0. The molecular formula is C39H44N4O13S2. The molecule has 0 radical (unpaired) electrons. The Labute approximate surface area is 336 Å². The molecule has 310 valence electrons. The van der Waals surface area contributed by atoms with E-state index >= 15 is 0 Å². The normalized spacial score (nSPS) is 11.3. The number of ether oxygens (including phenoxy) is 5. The van der Waals surface area contributed by atoms with Crippen molar-refractivity contribution < 1.29 is 59.7 Å². The molecule has 0 saturated heterocycles. The number of esters is 2. The summed E-state index contributed by atoms with van der Waals surface area (Å²) < 4.78 is 80.1. The van der Waals surface area contributed by atoms with Crippen LogP contribution in [0.1, 0.15) is 38.3 Å². The van der Waals surface area contributed by atoms with Gasteiger partial charge in [-0.2, -0.15) is 0 Å². The van der Waals surface area contributed by atoms with Crippen molar-refractivity contribution in [2.24, 2.45) is 0 Å². The molecule has 4 N–H and O–H groups in total. The number of carbonyl (C=O) groups is 4. The summed E-state index contributed by atoms with van der Waals surface area (Å²) in [5, 5.41) is 4.82. The number of sulfonamides is 2. The van der Waals surface area contributed by atoms with Crippen LogP contribution in [-0.4, -0.2) is 93.7 Å². The predicted molar refractivity (Wildman–Crippen MR) is 212 cm³/mol. The maximum atomic E-state index is 12.4. The van der Waals surface area contributed by atoms with E-state index in [1.54, 1.807) is 24.3 Å². The van der Waals surface area contributed by atoms with E-state index in [-0.39, 0.29) is 65.3 Å². The number of rotatable bonds is 21. The second-order valence-electron chi connectivity index (χ2n) is 12.4. The van der Waals surface area contributed by atoms with E-state index < -0.39 is 44.0 Å². The number of hydrogen-bond donors (Lipinski definition) is 4. The summed E-state index contributed by atoms with van der Waals surface area (Å²) in [5.74, 6) is -1.18. The molecule has 58 heavy (non-hydrogen) atoms. The minimum absolute atomic E-state index is 0.00330. The van der Waals surface area contributed by atoms with Crippen LogP contribution in [0.5, 0.6) is 0 Å². The van der Waals surface area contributed by atoms with Crippen LogP contribution in [0.15, 0.2) is 107 Å². The molecule has 0 aliphatic rings. The fourth-order valence-electron chi connectivity index (χ4n) is 4.72. The van der Waals surface area contributed by atoms with Crippen LogP contribution in [0.25, 0.3) is 0 Å². The maximum Gasteiger partial charge on any atom is 0.338 e. The highest BCUT2D eigenvalue weighted by Gasteiger charge is 2.19. The third-order valence-corrected chi connectivity index (χ3v) is 10.4. The summed E-state index contributed by atoms with van der Waals surface area (Å²) in [6.07, 6.45) is 0.447. The molecule has 17 nitrogen and oxygen atoms in total. The summed E-state index contributed by atoms with van der Waals surface area (Å²) in [7, 11) is -8.11. The number of benzene rings is 4. The molecule has 4 aromatic carbocycles. The van der Waals surface area contributed by atoms with E-state index in [0.717, 1.165) is 11.1 Å². The zero-order chi connectivity index (χ0) is 42.0. The van der Waals surface area contributed by atoms with Crippen LogP contribution in [0.2, 0.25) is 0 Å². The number of amides is 4. The van der Waals surface area contributed by atoms with E-state index in [0.29, 0.717) is 26.2 Å². The van der Waals surface area contributed by atoms with Crippen molar-refractivity contribution in [3.05, 3.63) is 119 Å². The van der Waals surface area contributed by atoms with Crippen LogP contribution in [-0.2, 0) is 43.7 Å². The maximum absolute atomic E-state index is 12.4. The Morgan fingerprint density at radius 3 is 1.19 bits per heavy atom. The van der Waals surface area contributed by atoms with Crippen molar-refractivity contribution in [1.82, 2.24) is 9.44 Å². The van der Waals surface area contributed by atoms with Gasteiger partial charge in [0.15, 0.2) is 0 Å². The summed E-state index contributed by atoms with van der Waals surface area (Å²) in [6.45, 7) is 5.37. The smallest absolute Gasteiger partial charge is 0.338 e. The molecule has 0 bridgehead atoms. The van der Waals surface area contributed by atoms with Gasteiger partial charge in [-0.05, 0) is 86.6 Å². The van der Waals surface area contributed by atoms with Gasteiger partial charge in [0.2, 0.25) is 0 Å². The lowest BCUT2D eigenvalue weighted by atomic mass is 10.2. The molecule has 0 aromatic heterocycles. The number of urea groups is 2. The van der Waals surface area contributed by atoms with Crippen LogP contribution >= 0.6 is 0 Å². The fraction of sp³-hybridized carbons (Fsp3) is 0.282. The molecule has 0 unspecified atom stereocenters. The van der Waals surface area contributed by atoms with Gasteiger partial charge in [0, 0.05) is 24.4 Å². The SMILES string of the molecule is Cc1ccc(S(=O)(=O)NC(=O)Nc2ccc(C(=O)OCCCOCCOCCOCCOC(=O)c3ccc(NC(=O)NS(=O)(=O)c4ccc(C)cc4)cc3)cc2)cc1. The molecule has 4 rings (SSSR count). The van der Waals surface area contributed by atoms with Gasteiger partial charge in [-0.25, -0.2) is 45.5 Å². The highest BCUT2D eigenvalue weighted by atomic mass is 32.2. The first-order valence-corrected chi connectivity index (χ1v) is 20.8. The van der Waals surface area contributed by atoms with Crippen molar-refractivity contribution in [1.29, 1.82) is 0 Å². The second-order valence-corrected chi connectivity index (χ2v) is 15.7. The molecule has 4 aromatic rings.